The summed E-state index contributed by atoms with van der Waals surface area (Å²) < 4.78 is 0. The van der Waals surface area contributed by atoms with Crippen molar-refractivity contribution in [2.24, 2.45) is 0 Å². The number of benzene rings is 1. The quantitative estimate of drug-likeness (QED) is 0.780. The first kappa shape index (κ1) is 10.3. The van der Waals surface area contributed by atoms with E-state index in [1.165, 1.54) is 16.9 Å². The molecular formula is C11H14ClNS. The van der Waals surface area contributed by atoms with Crippen molar-refractivity contribution in [3.63, 3.8) is 0 Å². The Kier molecular flexibility index (Phi) is 3.37. The van der Waals surface area contributed by atoms with Crippen molar-refractivity contribution in [2.45, 2.75) is 17.2 Å². The van der Waals surface area contributed by atoms with Gasteiger partial charge in [-0.15, -0.1) is 11.8 Å². The van der Waals surface area contributed by atoms with Gasteiger partial charge in [-0.1, -0.05) is 11.6 Å². The monoisotopic (exact) mass is 227 g/mol. The molecule has 1 aliphatic rings. The highest BCUT2D eigenvalue weighted by atomic mass is 35.5. The molecule has 1 saturated heterocycles. The van der Waals surface area contributed by atoms with Gasteiger partial charge < -0.3 is 5.32 Å². The Morgan fingerprint density at radius 1 is 1.50 bits per heavy atom. The van der Waals surface area contributed by atoms with Gasteiger partial charge in [-0.25, -0.2) is 0 Å². The molecule has 1 heterocycles. The third kappa shape index (κ3) is 2.08. The second kappa shape index (κ2) is 4.56. The maximum atomic E-state index is 6.02. The summed E-state index contributed by atoms with van der Waals surface area (Å²) in [4.78, 5) is 1.36. The van der Waals surface area contributed by atoms with E-state index in [2.05, 4.69) is 23.7 Å². The van der Waals surface area contributed by atoms with Gasteiger partial charge in [0.2, 0.25) is 0 Å². The lowest BCUT2D eigenvalue weighted by Gasteiger charge is -2.13. The van der Waals surface area contributed by atoms with Crippen LogP contribution in [0.15, 0.2) is 23.1 Å². The van der Waals surface area contributed by atoms with Gasteiger partial charge in [0.15, 0.2) is 0 Å². The zero-order valence-corrected chi connectivity index (χ0v) is 9.79. The highest BCUT2D eigenvalue weighted by Gasteiger charge is 2.19. The van der Waals surface area contributed by atoms with Crippen LogP contribution in [0.1, 0.15) is 17.9 Å². The van der Waals surface area contributed by atoms with E-state index in [0.717, 1.165) is 18.1 Å². The molecule has 1 aromatic carbocycles. The molecule has 1 N–H and O–H groups in total. The Hall–Kier alpha value is -0.180. The molecule has 1 fully saturated rings. The lowest BCUT2D eigenvalue weighted by molar-refractivity contribution is 0.748. The molecule has 1 aromatic rings. The Bertz CT molecular complexity index is 321. The highest BCUT2D eigenvalue weighted by Crippen LogP contribution is 2.32. The molecule has 1 unspecified atom stereocenters. The molecule has 1 nitrogen and oxygen atoms in total. The summed E-state index contributed by atoms with van der Waals surface area (Å²) in [5, 5.41) is 4.24. The van der Waals surface area contributed by atoms with Crippen molar-refractivity contribution in [1.82, 2.24) is 5.32 Å². The average Bonchev–Trinajstić information content (AvgIpc) is 2.70. The first-order valence-corrected chi connectivity index (χ1v) is 6.45. The molecule has 0 radical (unpaired) electrons. The second-order valence-corrected chi connectivity index (χ2v) is 4.86. The van der Waals surface area contributed by atoms with E-state index in [4.69, 9.17) is 11.6 Å². The van der Waals surface area contributed by atoms with Crippen molar-refractivity contribution >= 4 is 23.4 Å². The Balaban J connectivity index is 2.33. The van der Waals surface area contributed by atoms with E-state index in [9.17, 15) is 0 Å². The molecule has 1 aliphatic heterocycles. The topological polar surface area (TPSA) is 12.0 Å². The molecule has 0 amide bonds. The summed E-state index contributed by atoms with van der Waals surface area (Å²) in [7, 11) is 0. The second-order valence-electron chi connectivity index (χ2n) is 3.58. The molecule has 76 valence electrons. The number of nitrogens with one attached hydrogen (secondary N) is 1. The van der Waals surface area contributed by atoms with E-state index in [1.54, 1.807) is 11.8 Å². The minimum Gasteiger partial charge on any atom is -0.316 e. The maximum Gasteiger partial charge on any atom is 0.0409 e. The minimum atomic E-state index is 0.649. The maximum absolute atomic E-state index is 6.02. The van der Waals surface area contributed by atoms with Gasteiger partial charge >= 0.3 is 0 Å². The number of hydrogen-bond acceptors (Lipinski definition) is 2. The Labute approximate surface area is 94.2 Å². The van der Waals surface area contributed by atoms with Gasteiger partial charge in [-0.2, -0.15) is 0 Å². The molecule has 3 heteroatoms. The van der Waals surface area contributed by atoms with Crippen LogP contribution in [0.4, 0.5) is 0 Å². The summed E-state index contributed by atoms with van der Waals surface area (Å²) in [5.41, 5.74) is 1.41. The summed E-state index contributed by atoms with van der Waals surface area (Å²) in [6.07, 6.45) is 3.35. The van der Waals surface area contributed by atoms with Gasteiger partial charge in [0.25, 0.3) is 0 Å². The third-order valence-electron chi connectivity index (χ3n) is 2.69. The van der Waals surface area contributed by atoms with Crippen LogP contribution in [0.5, 0.6) is 0 Å². The molecule has 0 bridgehead atoms. The van der Waals surface area contributed by atoms with Gasteiger partial charge in [0, 0.05) is 16.5 Å². The van der Waals surface area contributed by atoms with Gasteiger partial charge in [0.1, 0.15) is 0 Å². The molecule has 14 heavy (non-hydrogen) atoms. The van der Waals surface area contributed by atoms with E-state index in [1.807, 2.05) is 6.07 Å². The summed E-state index contributed by atoms with van der Waals surface area (Å²) >= 11 is 7.83. The van der Waals surface area contributed by atoms with Crippen molar-refractivity contribution in [1.29, 1.82) is 0 Å². The van der Waals surface area contributed by atoms with Crippen LogP contribution in [0.25, 0.3) is 0 Å². The van der Waals surface area contributed by atoms with Crippen LogP contribution in [0.3, 0.4) is 0 Å². The number of halogens is 1. The lowest BCUT2D eigenvalue weighted by Crippen LogP contribution is -2.08. The molecule has 1 atom stereocenters. The van der Waals surface area contributed by atoms with E-state index >= 15 is 0 Å². The SMILES string of the molecule is CSc1ccc(Cl)cc1C1CCNC1. The molecule has 0 aliphatic carbocycles. The van der Waals surface area contributed by atoms with Crippen LogP contribution in [-0.4, -0.2) is 19.3 Å². The van der Waals surface area contributed by atoms with E-state index < -0.39 is 0 Å². The van der Waals surface area contributed by atoms with Crippen molar-refractivity contribution in [2.75, 3.05) is 19.3 Å². The van der Waals surface area contributed by atoms with E-state index in [0.29, 0.717) is 5.92 Å². The first-order valence-electron chi connectivity index (χ1n) is 4.85. The normalized spacial score (nSPS) is 21.4. The summed E-state index contributed by atoms with van der Waals surface area (Å²) in [5.74, 6) is 0.649. The zero-order valence-electron chi connectivity index (χ0n) is 8.22. The number of rotatable bonds is 2. The first-order chi connectivity index (χ1) is 6.81. The lowest BCUT2D eigenvalue weighted by atomic mass is 9.98. The predicted octanol–water partition coefficient (Wildman–Crippen LogP) is 3.14. The highest BCUT2D eigenvalue weighted by molar-refractivity contribution is 7.98. The number of thioether (sulfide) groups is 1. The zero-order chi connectivity index (χ0) is 9.97. The van der Waals surface area contributed by atoms with Crippen LogP contribution in [-0.2, 0) is 0 Å². The van der Waals surface area contributed by atoms with Gasteiger partial charge in [0.05, 0.1) is 0 Å². The molecular weight excluding hydrogens is 214 g/mol. The fourth-order valence-corrected chi connectivity index (χ4v) is 2.79. The van der Waals surface area contributed by atoms with Crippen molar-refractivity contribution < 1.29 is 0 Å². The van der Waals surface area contributed by atoms with E-state index in [-0.39, 0.29) is 0 Å². The summed E-state index contributed by atoms with van der Waals surface area (Å²) in [6.45, 7) is 2.22. The molecule has 0 aromatic heterocycles. The Morgan fingerprint density at radius 3 is 3.00 bits per heavy atom. The fraction of sp³-hybridized carbons (Fsp3) is 0.455. The fourth-order valence-electron chi connectivity index (χ4n) is 1.94. The average molecular weight is 228 g/mol. The number of hydrogen-bond donors (Lipinski definition) is 1. The predicted molar refractivity (Wildman–Crippen MR) is 63.5 cm³/mol. The smallest absolute Gasteiger partial charge is 0.0409 e. The Morgan fingerprint density at radius 2 is 2.36 bits per heavy atom. The van der Waals surface area contributed by atoms with Crippen molar-refractivity contribution in [3.8, 4) is 0 Å². The summed E-state index contributed by atoms with van der Waals surface area (Å²) in [6, 6.07) is 6.21. The van der Waals surface area contributed by atoms with Crippen LogP contribution < -0.4 is 5.32 Å². The standard InChI is InChI=1S/C11H14ClNS/c1-14-11-3-2-9(12)6-10(11)8-4-5-13-7-8/h2-3,6,8,13H,4-5,7H2,1H3. The molecule has 2 rings (SSSR count). The van der Waals surface area contributed by atoms with Gasteiger partial charge in [-0.05, 0) is 48.9 Å². The van der Waals surface area contributed by atoms with Gasteiger partial charge in [-0.3, -0.25) is 0 Å². The molecule has 0 spiro atoms. The third-order valence-corrected chi connectivity index (χ3v) is 3.74. The van der Waals surface area contributed by atoms with Crippen LogP contribution in [0.2, 0.25) is 5.02 Å². The molecule has 0 saturated carbocycles. The largest absolute Gasteiger partial charge is 0.316 e. The van der Waals surface area contributed by atoms with Crippen molar-refractivity contribution in [3.05, 3.63) is 28.8 Å². The van der Waals surface area contributed by atoms with Crippen LogP contribution >= 0.6 is 23.4 Å². The van der Waals surface area contributed by atoms with Crippen LogP contribution in [0, 0.1) is 0 Å². The minimum absolute atomic E-state index is 0.649.